The average Bonchev–Trinajstić information content (AvgIpc) is 2.43. The number of carbonyl (C=O) groups excluding carboxylic acids is 1. The number of amides is 1. The SMILES string of the molecule is CN(CCC(=O)O)C(=O)[C@H]1SCCc2ccccc21. The molecular formula is C14H17NO3S. The van der Waals surface area contributed by atoms with Gasteiger partial charge in [-0.3, -0.25) is 9.59 Å². The predicted molar refractivity (Wildman–Crippen MR) is 75.2 cm³/mol. The highest BCUT2D eigenvalue weighted by Gasteiger charge is 2.29. The van der Waals surface area contributed by atoms with Crippen LogP contribution < -0.4 is 0 Å². The van der Waals surface area contributed by atoms with Gasteiger partial charge in [0.15, 0.2) is 0 Å². The van der Waals surface area contributed by atoms with Gasteiger partial charge in [0.25, 0.3) is 0 Å². The van der Waals surface area contributed by atoms with Crippen molar-refractivity contribution >= 4 is 23.6 Å². The zero-order valence-electron chi connectivity index (χ0n) is 10.8. The van der Waals surface area contributed by atoms with Crippen molar-refractivity contribution in [2.24, 2.45) is 0 Å². The molecule has 1 aliphatic rings. The first-order valence-corrected chi connectivity index (χ1v) is 7.30. The lowest BCUT2D eigenvalue weighted by Crippen LogP contribution is -2.33. The molecule has 4 nitrogen and oxygen atoms in total. The van der Waals surface area contributed by atoms with Crippen LogP contribution in [0.2, 0.25) is 0 Å². The van der Waals surface area contributed by atoms with E-state index in [1.54, 1.807) is 18.8 Å². The van der Waals surface area contributed by atoms with E-state index in [-0.39, 0.29) is 24.1 Å². The molecule has 102 valence electrons. The van der Waals surface area contributed by atoms with Gasteiger partial charge in [0.05, 0.1) is 6.42 Å². The summed E-state index contributed by atoms with van der Waals surface area (Å²) in [5, 5.41) is 8.48. The van der Waals surface area contributed by atoms with Crippen molar-refractivity contribution in [3.05, 3.63) is 35.4 Å². The molecule has 0 aromatic heterocycles. The Kier molecular flexibility index (Phi) is 4.47. The number of likely N-dealkylation sites (N-methyl/N-ethyl adjacent to an activating group) is 1. The van der Waals surface area contributed by atoms with E-state index >= 15 is 0 Å². The summed E-state index contributed by atoms with van der Waals surface area (Å²) in [4.78, 5) is 24.5. The molecule has 1 atom stereocenters. The van der Waals surface area contributed by atoms with Crippen molar-refractivity contribution in [1.29, 1.82) is 0 Å². The molecule has 1 N–H and O–H groups in total. The summed E-state index contributed by atoms with van der Waals surface area (Å²) in [7, 11) is 1.67. The Bertz CT molecular complexity index is 489. The summed E-state index contributed by atoms with van der Waals surface area (Å²) in [6, 6.07) is 7.99. The van der Waals surface area contributed by atoms with Gasteiger partial charge in [-0.1, -0.05) is 24.3 Å². The molecule has 0 unspecified atom stereocenters. The highest BCUT2D eigenvalue weighted by atomic mass is 32.2. The lowest BCUT2D eigenvalue weighted by atomic mass is 10.0. The first-order valence-electron chi connectivity index (χ1n) is 6.26. The zero-order chi connectivity index (χ0) is 13.8. The molecule has 1 aliphatic heterocycles. The quantitative estimate of drug-likeness (QED) is 0.915. The summed E-state index contributed by atoms with van der Waals surface area (Å²) in [5.41, 5.74) is 2.30. The van der Waals surface area contributed by atoms with Crippen LogP contribution in [-0.4, -0.2) is 41.2 Å². The number of rotatable bonds is 4. The summed E-state index contributed by atoms with van der Waals surface area (Å²) in [6.07, 6.45) is 0.977. The van der Waals surface area contributed by atoms with Crippen LogP contribution in [-0.2, 0) is 16.0 Å². The van der Waals surface area contributed by atoms with E-state index < -0.39 is 5.97 Å². The van der Waals surface area contributed by atoms with Crippen molar-refractivity contribution < 1.29 is 14.7 Å². The average molecular weight is 279 g/mol. The van der Waals surface area contributed by atoms with E-state index in [9.17, 15) is 9.59 Å². The molecule has 2 rings (SSSR count). The number of carboxylic acids is 1. The van der Waals surface area contributed by atoms with Gasteiger partial charge in [0.2, 0.25) is 5.91 Å². The molecule has 1 amide bonds. The van der Waals surface area contributed by atoms with Crippen molar-refractivity contribution in [3.63, 3.8) is 0 Å². The van der Waals surface area contributed by atoms with Gasteiger partial charge in [-0.15, -0.1) is 11.8 Å². The van der Waals surface area contributed by atoms with Crippen molar-refractivity contribution in [1.82, 2.24) is 4.90 Å². The molecular weight excluding hydrogens is 262 g/mol. The van der Waals surface area contributed by atoms with E-state index in [2.05, 4.69) is 6.07 Å². The number of hydrogen-bond donors (Lipinski definition) is 1. The number of carbonyl (C=O) groups is 2. The first-order chi connectivity index (χ1) is 9.09. The van der Waals surface area contributed by atoms with Crippen LogP contribution in [0.5, 0.6) is 0 Å². The summed E-state index contributed by atoms with van der Waals surface area (Å²) < 4.78 is 0. The van der Waals surface area contributed by atoms with Crippen molar-refractivity contribution in [2.45, 2.75) is 18.1 Å². The van der Waals surface area contributed by atoms with Gasteiger partial charge in [0.1, 0.15) is 5.25 Å². The Morgan fingerprint density at radius 2 is 2.16 bits per heavy atom. The highest BCUT2D eigenvalue weighted by Crippen LogP contribution is 2.37. The van der Waals surface area contributed by atoms with Gasteiger partial charge in [-0.05, 0) is 23.3 Å². The number of fused-ring (bicyclic) bond motifs is 1. The topological polar surface area (TPSA) is 57.6 Å². The fraction of sp³-hybridized carbons (Fsp3) is 0.429. The molecule has 0 saturated heterocycles. The molecule has 1 aromatic rings. The largest absolute Gasteiger partial charge is 0.481 e. The second-order valence-corrected chi connectivity index (χ2v) is 5.82. The van der Waals surface area contributed by atoms with E-state index in [1.807, 2.05) is 18.2 Å². The number of aryl methyl sites for hydroxylation is 1. The minimum atomic E-state index is -0.878. The summed E-state index contributed by atoms with van der Waals surface area (Å²) in [6.45, 7) is 0.257. The number of aliphatic carboxylic acids is 1. The van der Waals surface area contributed by atoms with Crippen LogP contribution in [0, 0.1) is 0 Å². The molecule has 19 heavy (non-hydrogen) atoms. The predicted octanol–water partition coefficient (Wildman–Crippen LogP) is 1.95. The van der Waals surface area contributed by atoms with Gasteiger partial charge in [-0.2, -0.15) is 0 Å². The van der Waals surface area contributed by atoms with E-state index in [4.69, 9.17) is 5.11 Å². The third-order valence-electron chi connectivity index (χ3n) is 3.26. The van der Waals surface area contributed by atoms with Gasteiger partial charge >= 0.3 is 5.97 Å². The van der Waals surface area contributed by atoms with Crippen LogP contribution in [0.3, 0.4) is 0 Å². The van der Waals surface area contributed by atoms with E-state index in [0.29, 0.717) is 0 Å². The van der Waals surface area contributed by atoms with Crippen LogP contribution in [0.4, 0.5) is 0 Å². The van der Waals surface area contributed by atoms with Crippen molar-refractivity contribution in [2.75, 3.05) is 19.3 Å². The standard InChI is InChI=1S/C14H17NO3S/c1-15(8-6-12(16)17)14(18)13-11-5-3-2-4-10(11)7-9-19-13/h2-5,13H,6-9H2,1H3,(H,16,17)/t13-/m0/s1. The lowest BCUT2D eigenvalue weighted by Gasteiger charge is -2.28. The molecule has 0 saturated carbocycles. The van der Waals surface area contributed by atoms with E-state index in [0.717, 1.165) is 17.7 Å². The van der Waals surface area contributed by atoms with Gasteiger partial charge in [0, 0.05) is 13.6 Å². The highest BCUT2D eigenvalue weighted by molar-refractivity contribution is 8.00. The Balaban J connectivity index is 2.10. The van der Waals surface area contributed by atoms with Crippen LogP contribution in [0.15, 0.2) is 24.3 Å². The third kappa shape index (κ3) is 3.29. The second kappa shape index (κ2) is 6.10. The molecule has 1 heterocycles. The normalized spacial score (nSPS) is 17.6. The Morgan fingerprint density at radius 1 is 1.42 bits per heavy atom. The minimum absolute atomic E-state index is 0.00148. The smallest absolute Gasteiger partial charge is 0.305 e. The monoisotopic (exact) mass is 279 g/mol. The van der Waals surface area contributed by atoms with Crippen LogP contribution in [0.1, 0.15) is 22.8 Å². The molecule has 0 bridgehead atoms. The maximum atomic E-state index is 12.4. The molecule has 5 heteroatoms. The molecule has 0 aliphatic carbocycles. The fourth-order valence-electron chi connectivity index (χ4n) is 2.17. The van der Waals surface area contributed by atoms with Gasteiger partial charge in [-0.25, -0.2) is 0 Å². The Hall–Kier alpha value is -1.49. The van der Waals surface area contributed by atoms with Crippen molar-refractivity contribution in [3.8, 4) is 0 Å². The first kappa shape index (κ1) is 13.9. The van der Waals surface area contributed by atoms with Crippen LogP contribution >= 0.6 is 11.8 Å². The number of thioether (sulfide) groups is 1. The number of benzene rings is 1. The maximum Gasteiger partial charge on any atom is 0.305 e. The fourth-order valence-corrected chi connectivity index (χ4v) is 3.48. The lowest BCUT2D eigenvalue weighted by molar-refractivity contribution is -0.138. The maximum absolute atomic E-state index is 12.4. The number of carboxylic acid groups (broad SMARTS) is 1. The molecule has 0 spiro atoms. The zero-order valence-corrected chi connectivity index (χ0v) is 11.7. The molecule has 0 fully saturated rings. The Labute approximate surface area is 116 Å². The number of hydrogen-bond acceptors (Lipinski definition) is 3. The number of nitrogens with zero attached hydrogens (tertiary/aromatic N) is 1. The molecule has 1 aromatic carbocycles. The molecule has 0 radical (unpaired) electrons. The summed E-state index contributed by atoms with van der Waals surface area (Å²) >= 11 is 1.64. The second-order valence-electron chi connectivity index (χ2n) is 4.60. The van der Waals surface area contributed by atoms with Crippen LogP contribution in [0.25, 0.3) is 0 Å². The Morgan fingerprint density at radius 3 is 2.89 bits per heavy atom. The minimum Gasteiger partial charge on any atom is -0.481 e. The third-order valence-corrected chi connectivity index (χ3v) is 4.48. The van der Waals surface area contributed by atoms with E-state index in [1.165, 1.54) is 10.5 Å². The summed E-state index contributed by atoms with van der Waals surface area (Å²) in [5.74, 6) is 0.0509. The van der Waals surface area contributed by atoms with Gasteiger partial charge < -0.3 is 10.0 Å².